The van der Waals surface area contributed by atoms with E-state index in [0.29, 0.717) is 31.6 Å². The average Bonchev–Trinajstić information content (AvgIpc) is 3.20. The Hall–Kier alpha value is -1.94. The third-order valence-corrected chi connectivity index (χ3v) is 18.3. The second kappa shape index (κ2) is 61.9. The zero-order valence-corrected chi connectivity index (χ0v) is 60.4. The Morgan fingerprint density at radius 3 is 0.756 bits per heavy atom. The highest BCUT2D eigenvalue weighted by molar-refractivity contribution is 7.47. The number of carbonyl (C=O) groups excluding carboxylic acids is 4. The standard InChI is InChI=1S/C71H138O17P2/c1-8-9-10-11-28-38-45-52-68(73)81-58-67(88-71(76)55-48-41-34-33-37-44-51-64(6)7)61-86-90(79,80)84-57-65(72)56-83-89(77,78)85-60-66(87-70(75)54-47-40-32-27-23-19-15-13-17-21-25-30-36-43-50-63(4)5)59-82-69(74)53-46-39-31-26-22-18-14-12-16-20-24-29-35-42-49-62(2)3/h62-67,72H,8-61H2,1-7H3,(H,77,78)(H,79,80)/t65-,66-,67-/m1/s1. The summed E-state index contributed by atoms with van der Waals surface area (Å²) >= 11 is 0. The fraction of sp³-hybridized carbons (Fsp3) is 0.944. The van der Waals surface area contributed by atoms with Crippen molar-refractivity contribution >= 4 is 39.5 Å². The summed E-state index contributed by atoms with van der Waals surface area (Å²) in [5.41, 5.74) is 0. The lowest BCUT2D eigenvalue weighted by Gasteiger charge is -2.21. The molecule has 0 fully saturated rings. The summed E-state index contributed by atoms with van der Waals surface area (Å²) < 4.78 is 68.2. The number of hydrogen-bond acceptors (Lipinski definition) is 15. The first-order chi connectivity index (χ1) is 43.2. The van der Waals surface area contributed by atoms with E-state index in [0.717, 1.165) is 115 Å². The smallest absolute Gasteiger partial charge is 0.462 e. The van der Waals surface area contributed by atoms with Gasteiger partial charge in [0, 0.05) is 25.7 Å². The molecule has 0 aromatic heterocycles. The molecule has 5 atom stereocenters. The second-order valence-electron chi connectivity index (χ2n) is 27.1. The number of rotatable bonds is 69. The maximum absolute atomic E-state index is 13.0. The molecule has 0 amide bonds. The lowest BCUT2D eigenvalue weighted by molar-refractivity contribution is -0.161. The molecule has 0 saturated carbocycles. The minimum atomic E-state index is -4.95. The summed E-state index contributed by atoms with van der Waals surface area (Å²) in [6.45, 7) is 11.8. The normalized spacial score (nSPS) is 14.2. The molecule has 3 N–H and O–H groups in total. The molecule has 19 heteroatoms. The van der Waals surface area contributed by atoms with E-state index in [-0.39, 0.29) is 25.7 Å². The molecule has 90 heavy (non-hydrogen) atoms. The third-order valence-electron chi connectivity index (χ3n) is 16.4. The number of phosphoric acid groups is 2. The quantitative estimate of drug-likeness (QED) is 0.0222. The van der Waals surface area contributed by atoms with Crippen LogP contribution in [0.5, 0.6) is 0 Å². The van der Waals surface area contributed by atoms with Crippen LogP contribution in [0.2, 0.25) is 0 Å². The van der Waals surface area contributed by atoms with Crippen molar-refractivity contribution in [1.82, 2.24) is 0 Å². The zero-order chi connectivity index (χ0) is 66.6. The van der Waals surface area contributed by atoms with Crippen molar-refractivity contribution in [2.24, 2.45) is 17.8 Å². The molecule has 0 aliphatic heterocycles. The molecule has 0 rings (SSSR count). The van der Waals surface area contributed by atoms with Crippen LogP contribution >= 0.6 is 15.6 Å². The van der Waals surface area contributed by atoms with E-state index in [4.69, 9.17) is 37.0 Å². The molecule has 0 aromatic rings. The predicted octanol–water partition coefficient (Wildman–Crippen LogP) is 20.2. The molecule has 0 bridgehead atoms. The van der Waals surface area contributed by atoms with Crippen LogP contribution in [-0.4, -0.2) is 96.7 Å². The second-order valence-corrected chi connectivity index (χ2v) is 30.0. The van der Waals surface area contributed by atoms with Gasteiger partial charge in [-0.1, -0.05) is 305 Å². The van der Waals surface area contributed by atoms with Gasteiger partial charge in [0.2, 0.25) is 0 Å². The molecule has 0 aliphatic carbocycles. The Bertz CT molecular complexity index is 1770. The van der Waals surface area contributed by atoms with Crippen LogP contribution in [0, 0.1) is 17.8 Å². The minimum absolute atomic E-state index is 0.102. The lowest BCUT2D eigenvalue weighted by Crippen LogP contribution is -2.30. The highest BCUT2D eigenvalue weighted by Crippen LogP contribution is 2.45. The molecule has 0 radical (unpaired) electrons. The number of unbranched alkanes of at least 4 members (excludes halogenated alkanes) is 37. The topological polar surface area (TPSA) is 237 Å². The van der Waals surface area contributed by atoms with E-state index in [2.05, 4.69) is 48.5 Å². The lowest BCUT2D eigenvalue weighted by atomic mass is 10.0. The van der Waals surface area contributed by atoms with Gasteiger partial charge in [0.15, 0.2) is 12.2 Å². The summed E-state index contributed by atoms with van der Waals surface area (Å²) in [7, 11) is -9.90. The number of aliphatic hydroxyl groups excluding tert-OH is 1. The van der Waals surface area contributed by atoms with Crippen LogP contribution in [0.3, 0.4) is 0 Å². The summed E-state index contributed by atoms with van der Waals surface area (Å²) in [6, 6.07) is 0. The highest BCUT2D eigenvalue weighted by Gasteiger charge is 2.30. The van der Waals surface area contributed by atoms with Crippen LogP contribution in [0.1, 0.15) is 357 Å². The van der Waals surface area contributed by atoms with Gasteiger partial charge in [-0.3, -0.25) is 37.3 Å². The van der Waals surface area contributed by atoms with E-state index >= 15 is 0 Å². The van der Waals surface area contributed by atoms with Gasteiger partial charge in [-0.15, -0.1) is 0 Å². The first-order valence-electron chi connectivity index (χ1n) is 36.8. The van der Waals surface area contributed by atoms with Crippen molar-refractivity contribution < 1.29 is 80.2 Å². The predicted molar refractivity (Wildman–Crippen MR) is 363 cm³/mol. The zero-order valence-electron chi connectivity index (χ0n) is 58.6. The SMILES string of the molecule is CCCCCCCCCC(=O)OC[C@H](COP(=O)(O)OC[C@H](O)COP(=O)(O)OC[C@@H](COC(=O)CCCCCCCCCCCCCCCCC(C)C)OC(=O)CCCCCCCCCCCCCCCCC(C)C)OC(=O)CCCCCCCCC(C)C. The number of ether oxygens (including phenoxy) is 4. The number of hydrogen-bond donors (Lipinski definition) is 3. The molecule has 0 aromatic carbocycles. The fourth-order valence-electron chi connectivity index (χ4n) is 10.7. The van der Waals surface area contributed by atoms with Gasteiger partial charge in [0.05, 0.1) is 26.4 Å². The third kappa shape index (κ3) is 64.8. The highest BCUT2D eigenvalue weighted by atomic mass is 31.2. The number of phosphoric ester groups is 2. The first kappa shape index (κ1) is 88.1. The fourth-order valence-corrected chi connectivity index (χ4v) is 12.3. The van der Waals surface area contributed by atoms with Gasteiger partial charge in [0.25, 0.3) is 0 Å². The maximum atomic E-state index is 13.0. The number of carbonyl (C=O) groups is 4. The van der Waals surface area contributed by atoms with E-state index in [9.17, 15) is 43.2 Å². The Morgan fingerprint density at radius 2 is 0.511 bits per heavy atom. The Balaban J connectivity index is 5.18. The van der Waals surface area contributed by atoms with Crippen molar-refractivity contribution in [2.45, 2.75) is 375 Å². The average molecular weight is 1330 g/mol. The molecule has 0 aliphatic rings. The first-order valence-corrected chi connectivity index (χ1v) is 39.8. The largest absolute Gasteiger partial charge is 0.472 e. The molecule has 0 saturated heterocycles. The number of aliphatic hydroxyl groups is 1. The van der Waals surface area contributed by atoms with Crippen molar-refractivity contribution in [3.05, 3.63) is 0 Å². The van der Waals surface area contributed by atoms with Gasteiger partial charge < -0.3 is 33.8 Å². The Morgan fingerprint density at radius 1 is 0.300 bits per heavy atom. The summed E-state index contributed by atoms with van der Waals surface area (Å²) in [5, 5.41) is 10.6. The minimum Gasteiger partial charge on any atom is -0.462 e. The molecule has 0 spiro atoms. The monoisotopic (exact) mass is 1320 g/mol. The van der Waals surface area contributed by atoms with Crippen molar-refractivity contribution in [3.8, 4) is 0 Å². The molecule has 17 nitrogen and oxygen atoms in total. The summed E-state index contributed by atoms with van der Waals surface area (Å²) in [4.78, 5) is 72.4. The molecular formula is C71H138O17P2. The van der Waals surface area contributed by atoms with Crippen LogP contribution < -0.4 is 0 Å². The van der Waals surface area contributed by atoms with E-state index in [1.165, 1.54) is 154 Å². The van der Waals surface area contributed by atoms with E-state index in [1.807, 2.05) is 0 Å². The van der Waals surface area contributed by atoms with Crippen molar-refractivity contribution in [3.63, 3.8) is 0 Å². The van der Waals surface area contributed by atoms with Gasteiger partial charge in [-0.25, -0.2) is 9.13 Å². The van der Waals surface area contributed by atoms with Gasteiger partial charge in [0.1, 0.15) is 19.3 Å². The molecule has 534 valence electrons. The van der Waals surface area contributed by atoms with Gasteiger partial charge in [-0.05, 0) is 43.4 Å². The van der Waals surface area contributed by atoms with E-state index < -0.39 is 97.5 Å². The van der Waals surface area contributed by atoms with Gasteiger partial charge in [-0.2, -0.15) is 0 Å². The molecule has 0 heterocycles. The van der Waals surface area contributed by atoms with Crippen LogP contribution in [0.25, 0.3) is 0 Å². The maximum Gasteiger partial charge on any atom is 0.472 e. The van der Waals surface area contributed by atoms with Gasteiger partial charge >= 0.3 is 39.5 Å². The molecular weight excluding hydrogens is 1190 g/mol. The Kier molecular flexibility index (Phi) is 60.6. The van der Waals surface area contributed by atoms with Crippen molar-refractivity contribution in [2.75, 3.05) is 39.6 Å². The Labute approximate surface area is 549 Å². The van der Waals surface area contributed by atoms with Crippen LogP contribution in [0.15, 0.2) is 0 Å². The summed E-state index contributed by atoms with van der Waals surface area (Å²) in [6.07, 6.45) is 46.2. The molecule has 2 unspecified atom stereocenters. The number of esters is 4. The van der Waals surface area contributed by atoms with Crippen LogP contribution in [0.4, 0.5) is 0 Å². The van der Waals surface area contributed by atoms with Crippen molar-refractivity contribution in [1.29, 1.82) is 0 Å². The summed E-state index contributed by atoms with van der Waals surface area (Å²) in [5.74, 6) is 0.131. The van der Waals surface area contributed by atoms with Crippen LogP contribution in [-0.2, 0) is 65.4 Å². The van der Waals surface area contributed by atoms with E-state index in [1.54, 1.807) is 0 Å².